The lowest BCUT2D eigenvalue weighted by Gasteiger charge is -2.04. The van der Waals surface area contributed by atoms with Gasteiger partial charge in [0, 0.05) is 22.1 Å². The quantitative estimate of drug-likeness (QED) is 0.614. The van der Waals surface area contributed by atoms with E-state index in [4.69, 9.17) is 5.11 Å². The molecule has 0 aliphatic carbocycles. The Balaban J connectivity index is 2.25. The Morgan fingerprint density at radius 2 is 1.71 bits per heavy atom. The third-order valence-electron chi connectivity index (χ3n) is 2.17. The van der Waals surface area contributed by atoms with E-state index in [1.54, 1.807) is 0 Å². The fraction of sp³-hybridized carbons (Fsp3) is 0.333. The van der Waals surface area contributed by atoms with Crippen LogP contribution in [0.1, 0.15) is 25.7 Å². The molecule has 0 saturated carbocycles. The molecule has 4 nitrogen and oxygen atoms in total. The Kier molecular flexibility index (Phi) is 5.96. The van der Waals surface area contributed by atoms with Gasteiger partial charge in [0.2, 0.25) is 5.91 Å². The first kappa shape index (κ1) is 14.0. The monoisotopic (exact) mass is 347 g/mol. The number of nitrogens with one attached hydrogen (secondary N) is 1. The molecule has 0 heterocycles. The van der Waals surface area contributed by atoms with Crippen molar-refractivity contribution in [2.24, 2.45) is 0 Å². The van der Waals surface area contributed by atoms with Gasteiger partial charge in [-0.3, -0.25) is 9.59 Å². The van der Waals surface area contributed by atoms with Crippen LogP contribution in [0.2, 0.25) is 0 Å². The minimum absolute atomic E-state index is 0.0726. The number of unbranched alkanes of at least 4 members (excludes halogenated alkanes) is 1. The van der Waals surface area contributed by atoms with Crippen molar-refractivity contribution in [1.29, 1.82) is 0 Å². The topological polar surface area (TPSA) is 66.4 Å². The van der Waals surface area contributed by atoms with Gasteiger partial charge in [-0.15, -0.1) is 0 Å². The lowest BCUT2D eigenvalue weighted by molar-refractivity contribution is -0.137. The van der Waals surface area contributed by atoms with E-state index >= 15 is 0 Å². The smallest absolute Gasteiger partial charge is 0.303 e. The predicted octanol–water partition coefficient (Wildman–Crippen LogP) is 2.87. The van der Waals surface area contributed by atoms with Crippen molar-refractivity contribution >= 4 is 40.2 Å². The molecular formula is C12H14INO3. The fourth-order valence-electron chi connectivity index (χ4n) is 1.32. The lowest BCUT2D eigenvalue weighted by Crippen LogP contribution is -2.11. The van der Waals surface area contributed by atoms with Crippen LogP contribution in [0.25, 0.3) is 0 Å². The van der Waals surface area contributed by atoms with Crippen LogP contribution in [-0.4, -0.2) is 17.0 Å². The molecule has 0 radical (unpaired) electrons. The molecule has 0 bridgehead atoms. The summed E-state index contributed by atoms with van der Waals surface area (Å²) < 4.78 is 1.11. The molecule has 0 saturated heterocycles. The van der Waals surface area contributed by atoms with Crippen LogP contribution in [0.15, 0.2) is 24.3 Å². The Labute approximate surface area is 114 Å². The number of halogens is 1. The molecule has 2 N–H and O–H groups in total. The molecule has 1 rings (SSSR count). The summed E-state index contributed by atoms with van der Waals surface area (Å²) in [7, 11) is 0. The Hall–Kier alpha value is -1.11. The van der Waals surface area contributed by atoms with E-state index in [0.29, 0.717) is 19.3 Å². The summed E-state index contributed by atoms with van der Waals surface area (Å²) in [5, 5.41) is 11.2. The van der Waals surface area contributed by atoms with Crippen molar-refractivity contribution in [3.63, 3.8) is 0 Å². The normalized spacial score (nSPS) is 9.94. The van der Waals surface area contributed by atoms with Crippen molar-refractivity contribution in [2.75, 3.05) is 5.32 Å². The van der Waals surface area contributed by atoms with Crippen molar-refractivity contribution < 1.29 is 14.7 Å². The summed E-state index contributed by atoms with van der Waals surface area (Å²) in [6, 6.07) is 7.52. The van der Waals surface area contributed by atoms with Gasteiger partial charge in [0.1, 0.15) is 0 Å². The van der Waals surface area contributed by atoms with E-state index in [2.05, 4.69) is 27.9 Å². The van der Waals surface area contributed by atoms with Gasteiger partial charge in [-0.05, 0) is 59.7 Å². The first-order chi connectivity index (χ1) is 8.08. The number of amides is 1. The van der Waals surface area contributed by atoms with Gasteiger partial charge >= 0.3 is 5.97 Å². The molecule has 0 aliphatic rings. The average Bonchev–Trinajstić information content (AvgIpc) is 2.27. The number of rotatable bonds is 6. The lowest BCUT2D eigenvalue weighted by atomic mass is 10.2. The van der Waals surface area contributed by atoms with Crippen molar-refractivity contribution in [2.45, 2.75) is 25.7 Å². The number of hydrogen-bond donors (Lipinski definition) is 2. The summed E-state index contributed by atoms with van der Waals surface area (Å²) in [4.78, 5) is 21.7. The largest absolute Gasteiger partial charge is 0.481 e. The highest BCUT2D eigenvalue weighted by atomic mass is 127. The second-order valence-electron chi connectivity index (χ2n) is 3.66. The van der Waals surface area contributed by atoms with Crippen LogP contribution in [0.5, 0.6) is 0 Å². The third kappa shape index (κ3) is 6.25. The fourth-order valence-corrected chi connectivity index (χ4v) is 1.68. The van der Waals surface area contributed by atoms with Crippen LogP contribution in [0.4, 0.5) is 5.69 Å². The Morgan fingerprint density at radius 1 is 1.12 bits per heavy atom. The molecule has 17 heavy (non-hydrogen) atoms. The molecule has 0 spiro atoms. The standard InChI is InChI=1S/C12H14INO3/c13-9-5-7-10(8-6-9)14-11(15)3-1-2-4-12(16)17/h5-8H,1-4H2,(H,14,15)(H,16,17). The highest BCUT2D eigenvalue weighted by Gasteiger charge is 2.03. The zero-order chi connectivity index (χ0) is 12.7. The molecule has 0 atom stereocenters. The summed E-state index contributed by atoms with van der Waals surface area (Å²) >= 11 is 2.20. The SMILES string of the molecule is O=C(O)CCCCC(=O)Nc1ccc(I)cc1. The highest BCUT2D eigenvalue weighted by molar-refractivity contribution is 14.1. The van der Waals surface area contributed by atoms with Crippen LogP contribution < -0.4 is 5.32 Å². The minimum atomic E-state index is -0.817. The minimum Gasteiger partial charge on any atom is -0.481 e. The number of carboxylic acid groups (broad SMARTS) is 1. The van der Waals surface area contributed by atoms with Gasteiger partial charge in [0.05, 0.1) is 0 Å². The maximum absolute atomic E-state index is 11.5. The van der Waals surface area contributed by atoms with Gasteiger partial charge in [0.15, 0.2) is 0 Å². The van der Waals surface area contributed by atoms with Crippen LogP contribution in [0.3, 0.4) is 0 Å². The summed E-state index contributed by atoms with van der Waals surface area (Å²) in [5.41, 5.74) is 0.772. The number of benzene rings is 1. The van der Waals surface area contributed by atoms with Gasteiger partial charge in [-0.1, -0.05) is 0 Å². The van der Waals surface area contributed by atoms with Gasteiger partial charge in [-0.25, -0.2) is 0 Å². The maximum Gasteiger partial charge on any atom is 0.303 e. The molecule has 0 aromatic heterocycles. The first-order valence-corrected chi connectivity index (χ1v) is 6.43. The molecule has 1 aromatic rings. The molecule has 1 amide bonds. The number of aliphatic carboxylic acids is 1. The van der Waals surface area contributed by atoms with Crippen LogP contribution in [-0.2, 0) is 9.59 Å². The van der Waals surface area contributed by atoms with E-state index in [0.717, 1.165) is 9.26 Å². The second kappa shape index (κ2) is 7.26. The van der Waals surface area contributed by atoms with Crippen molar-refractivity contribution in [3.8, 4) is 0 Å². The Bertz CT molecular complexity index is 389. The number of carbonyl (C=O) groups excluding carboxylic acids is 1. The second-order valence-corrected chi connectivity index (χ2v) is 4.90. The number of anilines is 1. The van der Waals surface area contributed by atoms with E-state index in [-0.39, 0.29) is 12.3 Å². The number of carbonyl (C=O) groups is 2. The molecule has 1 aromatic carbocycles. The van der Waals surface area contributed by atoms with Crippen molar-refractivity contribution in [3.05, 3.63) is 27.8 Å². The van der Waals surface area contributed by atoms with Gasteiger partial charge in [-0.2, -0.15) is 0 Å². The van der Waals surface area contributed by atoms with E-state index < -0.39 is 5.97 Å². The van der Waals surface area contributed by atoms with Crippen molar-refractivity contribution in [1.82, 2.24) is 0 Å². The molecule has 0 aliphatic heterocycles. The van der Waals surface area contributed by atoms with E-state index in [1.807, 2.05) is 24.3 Å². The summed E-state index contributed by atoms with van der Waals surface area (Å²) in [6.45, 7) is 0. The molecule has 92 valence electrons. The van der Waals surface area contributed by atoms with Crippen LogP contribution in [0, 0.1) is 3.57 Å². The summed E-state index contributed by atoms with van der Waals surface area (Å²) in [5.74, 6) is -0.889. The van der Waals surface area contributed by atoms with E-state index in [1.165, 1.54) is 0 Å². The van der Waals surface area contributed by atoms with Gasteiger partial charge in [0.25, 0.3) is 0 Å². The predicted molar refractivity (Wildman–Crippen MR) is 73.9 cm³/mol. The molecular weight excluding hydrogens is 333 g/mol. The molecule has 0 unspecified atom stereocenters. The number of carboxylic acids is 1. The van der Waals surface area contributed by atoms with Crippen LogP contribution >= 0.6 is 22.6 Å². The van der Waals surface area contributed by atoms with Gasteiger partial charge < -0.3 is 10.4 Å². The maximum atomic E-state index is 11.5. The van der Waals surface area contributed by atoms with E-state index in [9.17, 15) is 9.59 Å². The zero-order valence-corrected chi connectivity index (χ0v) is 11.4. The number of hydrogen-bond acceptors (Lipinski definition) is 2. The first-order valence-electron chi connectivity index (χ1n) is 5.35. The summed E-state index contributed by atoms with van der Waals surface area (Å²) in [6.07, 6.45) is 1.62. The third-order valence-corrected chi connectivity index (χ3v) is 2.89. The molecule has 5 heteroatoms. The molecule has 0 fully saturated rings. The zero-order valence-electron chi connectivity index (χ0n) is 9.28. The Morgan fingerprint density at radius 3 is 2.29 bits per heavy atom. The highest BCUT2D eigenvalue weighted by Crippen LogP contribution is 2.12. The average molecular weight is 347 g/mol.